The number of rotatable bonds is 36. The zero-order valence-corrected chi connectivity index (χ0v) is 32.7. The van der Waals surface area contributed by atoms with Crippen LogP contribution in [0.3, 0.4) is 0 Å². The normalized spacial score (nSPS) is 15.0. The molecule has 0 aliphatic rings. The largest absolute Gasteiger partial charge is 0.472 e. The molecule has 0 bridgehead atoms. The molecule has 10 heteroatoms. The molecular weight excluding hydrogens is 667 g/mol. The molecule has 0 aromatic rings. The molecule has 0 saturated carbocycles. The summed E-state index contributed by atoms with van der Waals surface area (Å²) in [6.07, 6.45) is 43.2. The van der Waals surface area contributed by atoms with E-state index < -0.39 is 45.8 Å². The van der Waals surface area contributed by atoms with Gasteiger partial charge in [0.1, 0.15) is 12.2 Å². The van der Waals surface area contributed by atoms with Crippen molar-refractivity contribution in [3.8, 4) is 0 Å². The lowest BCUT2D eigenvalue weighted by molar-refractivity contribution is -0.153. The predicted molar refractivity (Wildman–Crippen MR) is 209 cm³/mol. The first kappa shape index (κ1) is 48.9. The van der Waals surface area contributed by atoms with Gasteiger partial charge in [0.15, 0.2) is 0 Å². The number of esters is 1. The summed E-state index contributed by atoms with van der Waals surface area (Å²) >= 11 is 0. The van der Waals surface area contributed by atoms with Crippen LogP contribution in [0.5, 0.6) is 0 Å². The maximum atomic E-state index is 12.5. The minimum Gasteiger partial charge on any atom is -0.457 e. The van der Waals surface area contributed by atoms with Crippen molar-refractivity contribution in [2.24, 2.45) is 0 Å². The van der Waals surface area contributed by atoms with Crippen molar-refractivity contribution >= 4 is 13.8 Å². The third-order valence-electron chi connectivity index (χ3n) is 7.66. The summed E-state index contributed by atoms with van der Waals surface area (Å²) in [6, 6.07) is 0. The number of allylic oxidation sites excluding steroid dienone is 11. The molecule has 0 saturated heterocycles. The van der Waals surface area contributed by atoms with Crippen LogP contribution in [0.15, 0.2) is 72.9 Å². The quantitative estimate of drug-likeness (QED) is 0.0249. The molecule has 9 nitrogen and oxygen atoms in total. The van der Waals surface area contributed by atoms with Gasteiger partial charge in [-0.2, -0.15) is 0 Å². The molecule has 0 amide bonds. The fraction of sp³-hybridized carbons (Fsp3) is 0.683. The van der Waals surface area contributed by atoms with Gasteiger partial charge >= 0.3 is 13.8 Å². The average Bonchev–Trinajstić information content (AvgIpc) is 3.12. The highest BCUT2D eigenvalue weighted by Gasteiger charge is 2.26. The van der Waals surface area contributed by atoms with E-state index in [2.05, 4.69) is 68.5 Å². The van der Waals surface area contributed by atoms with E-state index >= 15 is 0 Å². The minimum absolute atomic E-state index is 0.00160. The lowest BCUT2D eigenvalue weighted by Gasteiger charge is -2.20. The van der Waals surface area contributed by atoms with Gasteiger partial charge in [0.05, 0.1) is 32.8 Å². The predicted octanol–water partition coefficient (Wildman–Crippen LogP) is 10.2. The number of hydrogen-bond donors (Lipinski definition) is 3. The van der Waals surface area contributed by atoms with Crippen molar-refractivity contribution in [1.29, 1.82) is 0 Å². The van der Waals surface area contributed by atoms with E-state index in [9.17, 15) is 19.4 Å². The monoisotopic (exact) mass is 738 g/mol. The standard InChI is InChI=1S/C41H71O9P/c1-3-5-7-9-11-13-15-17-19-21-23-25-27-29-31-33-41(44)50-40(38-49-51(45,46)48-36-39(43)35-42)37-47-34-32-30-28-26-24-22-20-18-16-14-12-10-8-6-4-2/h5,7,11,13,16-19,23,25,29,31,39-40,42-43H,3-4,6,8-10,12,14-15,20-22,24,26-28,30,32-38H2,1-2H3,(H,45,46)/b7-5-,13-11-,18-16-,19-17-,25-23-,31-29-. The topological polar surface area (TPSA) is 132 Å². The van der Waals surface area contributed by atoms with Crippen molar-refractivity contribution < 1.29 is 43.0 Å². The molecule has 3 unspecified atom stereocenters. The SMILES string of the molecule is CC/C=C\C/C=C\C/C=C\C/C=C\C/C=C\CC(=O)OC(COCCCCCCCC/C=C\CCCCCCC)COP(=O)(O)OCC(O)CO. The van der Waals surface area contributed by atoms with Gasteiger partial charge < -0.3 is 24.6 Å². The second-order valence-electron chi connectivity index (χ2n) is 12.6. The van der Waals surface area contributed by atoms with Crippen molar-refractivity contribution in [1.82, 2.24) is 0 Å². The van der Waals surface area contributed by atoms with Gasteiger partial charge in [-0.05, 0) is 64.2 Å². The molecule has 294 valence electrons. The summed E-state index contributed by atoms with van der Waals surface area (Å²) < 4.78 is 33.1. The third kappa shape index (κ3) is 37.5. The van der Waals surface area contributed by atoms with E-state index in [4.69, 9.17) is 23.6 Å². The van der Waals surface area contributed by atoms with E-state index in [1.807, 2.05) is 12.2 Å². The molecule has 51 heavy (non-hydrogen) atoms. The summed E-state index contributed by atoms with van der Waals surface area (Å²) in [7, 11) is -4.54. The second-order valence-corrected chi connectivity index (χ2v) is 14.0. The highest BCUT2D eigenvalue weighted by molar-refractivity contribution is 7.47. The van der Waals surface area contributed by atoms with Gasteiger partial charge in [0.2, 0.25) is 0 Å². The Morgan fingerprint density at radius 1 is 0.627 bits per heavy atom. The number of phosphoric ester groups is 1. The number of aliphatic hydroxyl groups is 2. The molecule has 3 N–H and O–H groups in total. The van der Waals surface area contributed by atoms with Gasteiger partial charge in [0, 0.05) is 6.61 Å². The fourth-order valence-corrected chi connectivity index (χ4v) is 5.51. The lowest BCUT2D eigenvalue weighted by Crippen LogP contribution is -2.28. The maximum absolute atomic E-state index is 12.5. The van der Waals surface area contributed by atoms with Crippen LogP contribution < -0.4 is 0 Å². The smallest absolute Gasteiger partial charge is 0.457 e. The van der Waals surface area contributed by atoms with Crippen LogP contribution >= 0.6 is 7.82 Å². The van der Waals surface area contributed by atoms with E-state index in [1.54, 1.807) is 6.08 Å². The average molecular weight is 739 g/mol. The van der Waals surface area contributed by atoms with Gasteiger partial charge in [0.25, 0.3) is 0 Å². The number of unbranched alkanes of at least 4 members (excludes halogenated alkanes) is 11. The van der Waals surface area contributed by atoms with Crippen LogP contribution in [0.25, 0.3) is 0 Å². The number of carbonyl (C=O) groups is 1. The maximum Gasteiger partial charge on any atom is 0.472 e. The zero-order valence-electron chi connectivity index (χ0n) is 31.8. The molecule has 0 heterocycles. The first-order valence-electron chi connectivity index (χ1n) is 19.4. The van der Waals surface area contributed by atoms with Crippen LogP contribution in [-0.2, 0) is 27.9 Å². The van der Waals surface area contributed by atoms with Crippen molar-refractivity contribution in [2.75, 3.05) is 33.0 Å². The third-order valence-corrected chi connectivity index (χ3v) is 8.61. The molecule has 0 aromatic carbocycles. The molecule has 3 atom stereocenters. The minimum atomic E-state index is -4.54. The van der Waals surface area contributed by atoms with Crippen molar-refractivity contribution in [3.05, 3.63) is 72.9 Å². The van der Waals surface area contributed by atoms with Crippen molar-refractivity contribution in [3.63, 3.8) is 0 Å². The number of phosphoric acid groups is 1. The van der Waals surface area contributed by atoms with E-state index in [0.29, 0.717) is 13.0 Å². The Morgan fingerprint density at radius 2 is 1.12 bits per heavy atom. The number of aliphatic hydroxyl groups excluding tert-OH is 2. The van der Waals surface area contributed by atoms with E-state index in [-0.39, 0.29) is 13.0 Å². The molecular formula is C41H71O9P. The Bertz CT molecular complexity index is 1020. The van der Waals surface area contributed by atoms with Gasteiger partial charge in [-0.25, -0.2) is 4.57 Å². The van der Waals surface area contributed by atoms with Crippen molar-refractivity contribution in [2.45, 2.75) is 148 Å². The number of carbonyl (C=O) groups excluding carboxylic acids is 1. The molecule has 0 aromatic heterocycles. The van der Waals surface area contributed by atoms with Crippen LogP contribution in [0.2, 0.25) is 0 Å². The second kappa shape index (κ2) is 37.7. The summed E-state index contributed by atoms with van der Waals surface area (Å²) in [4.78, 5) is 22.4. The summed E-state index contributed by atoms with van der Waals surface area (Å²) in [5, 5.41) is 18.3. The summed E-state index contributed by atoms with van der Waals surface area (Å²) in [6.45, 7) is 3.22. The summed E-state index contributed by atoms with van der Waals surface area (Å²) in [5.41, 5.74) is 0. The Morgan fingerprint density at radius 3 is 1.67 bits per heavy atom. The Balaban J connectivity index is 4.40. The van der Waals surface area contributed by atoms with Crippen LogP contribution in [0, 0.1) is 0 Å². The molecule has 0 fully saturated rings. The molecule has 0 radical (unpaired) electrons. The Labute approximate surface area is 310 Å². The van der Waals surface area contributed by atoms with Crippen LogP contribution in [-0.4, -0.2) is 66.3 Å². The molecule has 0 rings (SSSR count). The van der Waals surface area contributed by atoms with Crippen LogP contribution in [0.4, 0.5) is 0 Å². The van der Waals surface area contributed by atoms with E-state index in [0.717, 1.165) is 51.4 Å². The lowest BCUT2D eigenvalue weighted by atomic mass is 10.1. The van der Waals surface area contributed by atoms with Gasteiger partial charge in [-0.1, -0.05) is 138 Å². The van der Waals surface area contributed by atoms with E-state index in [1.165, 1.54) is 57.8 Å². The molecule has 0 aliphatic heterocycles. The number of ether oxygens (including phenoxy) is 2. The van der Waals surface area contributed by atoms with Gasteiger partial charge in [-0.3, -0.25) is 13.8 Å². The highest BCUT2D eigenvalue weighted by Crippen LogP contribution is 2.43. The molecule has 0 spiro atoms. The zero-order chi connectivity index (χ0) is 37.5. The Kier molecular flexibility index (Phi) is 36.1. The first-order valence-corrected chi connectivity index (χ1v) is 20.9. The first-order chi connectivity index (χ1) is 24.8. The molecule has 0 aliphatic carbocycles. The van der Waals surface area contributed by atoms with Gasteiger partial charge in [-0.15, -0.1) is 0 Å². The number of hydrogen-bond acceptors (Lipinski definition) is 8. The summed E-state index contributed by atoms with van der Waals surface area (Å²) in [5.74, 6) is -0.514. The highest BCUT2D eigenvalue weighted by atomic mass is 31.2. The Hall–Kier alpha value is -2.10. The fourth-order valence-electron chi connectivity index (χ4n) is 4.72. The van der Waals surface area contributed by atoms with Crippen LogP contribution in [0.1, 0.15) is 136 Å².